The van der Waals surface area contributed by atoms with Crippen LogP contribution in [0.15, 0.2) is 52.5 Å². The minimum atomic E-state index is -3.29. The number of methoxy groups -OCH3 is 1. The molecule has 0 spiro atoms. The van der Waals surface area contributed by atoms with Gasteiger partial charge in [0.05, 0.1) is 23.7 Å². The van der Waals surface area contributed by atoms with E-state index in [-0.39, 0.29) is 5.60 Å². The molecule has 3 rings (SSSR count). The molecule has 1 fully saturated rings. The van der Waals surface area contributed by atoms with Gasteiger partial charge in [0, 0.05) is 45.1 Å². The van der Waals surface area contributed by atoms with Gasteiger partial charge in [-0.15, -0.1) is 0 Å². The molecule has 1 aliphatic heterocycles. The van der Waals surface area contributed by atoms with Gasteiger partial charge in [-0.25, -0.2) is 13.4 Å². The summed E-state index contributed by atoms with van der Waals surface area (Å²) in [5.41, 5.74) is 1.38. The summed E-state index contributed by atoms with van der Waals surface area (Å²) in [4.78, 5) is 5.46. The predicted octanol–water partition coefficient (Wildman–Crippen LogP) is 3.28. The first-order chi connectivity index (χ1) is 12.8. The van der Waals surface area contributed by atoms with Crippen molar-refractivity contribution in [1.29, 1.82) is 0 Å². The van der Waals surface area contributed by atoms with Crippen LogP contribution in [0.1, 0.15) is 18.4 Å². The zero-order valence-corrected chi connectivity index (χ0v) is 17.3. The third-order valence-corrected chi connectivity index (χ3v) is 7.00. The maximum Gasteiger partial charge on any atom is 0.232 e. The molecule has 2 aromatic rings. The van der Waals surface area contributed by atoms with Gasteiger partial charge in [0.1, 0.15) is 5.03 Å². The fraction of sp³-hybridized carbons (Fsp3) is 0.421. The van der Waals surface area contributed by atoms with Gasteiger partial charge in [0.25, 0.3) is 0 Å². The zero-order chi connectivity index (χ0) is 19.5. The molecule has 6 nitrogen and oxygen atoms in total. The number of benzene rings is 1. The fourth-order valence-electron chi connectivity index (χ4n) is 3.09. The van der Waals surface area contributed by atoms with Crippen LogP contribution in [0.25, 0.3) is 0 Å². The highest BCUT2D eigenvalue weighted by Crippen LogP contribution is 2.38. The van der Waals surface area contributed by atoms with Gasteiger partial charge in [0.15, 0.2) is 0 Å². The molecule has 0 radical (unpaired) electrons. The van der Waals surface area contributed by atoms with Crippen molar-refractivity contribution in [3.05, 3.63) is 48.2 Å². The molecular formula is C19H24N2O4S2. The first-order valence-corrected chi connectivity index (χ1v) is 11.3. The van der Waals surface area contributed by atoms with Gasteiger partial charge in [-0.1, -0.05) is 23.9 Å². The quantitative estimate of drug-likeness (QED) is 0.731. The largest absolute Gasteiger partial charge is 0.381 e. The number of nitrogens with zero attached hydrogens (tertiary/aromatic N) is 2. The Labute approximate surface area is 164 Å². The highest BCUT2D eigenvalue weighted by molar-refractivity contribution is 7.99. The van der Waals surface area contributed by atoms with Gasteiger partial charge in [-0.05, 0) is 29.8 Å². The average Bonchev–Trinajstić information content (AvgIpc) is 2.68. The SMILES string of the molecule is COC1(c2cccc(Sc3ccc(N(C)S(C)(=O)=O)cn3)c2)CCOCC1. The topological polar surface area (TPSA) is 68.7 Å². The Morgan fingerprint density at radius 1 is 1.22 bits per heavy atom. The minimum absolute atomic E-state index is 0.301. The van der Waals surface area contributed by atoms with E-state index in [2.05, 4.69) is 17.1 Å². The highest BCUT2D eigenvalue weighted by atomic mass is 32.2. The number of anilines is 1. The van der Waals surface area contributed by atoms with E-state index in [0.717, 1.165) is 28.3 Å². The van der Waals surface area contributed by atoms with E-state index in [1.54, 1.807) is 19.4 Å². The van der Waals surface area contributed by atoms with Crippen LogP contribution in [0.5, 0.6) is 0 Å². The van der Waals surface area contributed by atoms with Gasteiger partial charge in [-0.3, -0.25) is 4.31 Å². The molecule has 0 atom stereocenters. The van der Waals surface area contributed by atoms with E-state index < -0.39 is 10.0 Å². The summed E-state index contributed by atoms with van der Waals surface area (Å²) >= 11 is 1.54. The van der Waals surface area contributed by atoms with E-state index in [1.165, 1.54) is 29.4 Å². The van der Waals surface area contributed by atoms with Crippen molar-refractivity contribution in [2.75, 3.05) is 37.9 Å². The summed E-state index contributed by atoms with van der Waals surface area (Å²) in [6.45, 7) is 1.39. The van der Waals surface area contributed by atoms with Gasteiger partial charge < -0.3 is 9.47 Å². The molecule has 146 valence electrons. The van der Waals surface area contributed by atoms with Gasteiger partial charge in [0.2, 0.25) is 10.0 Å². The Morgan fingerprint density at radius 3 is 2.56 bits per heavy atom. The molecular weight excluding hydrogens is 384 g/mol. The summed E-state index contributed by atoms with van der Waals surface area (Å²) in [5, 5.41) is 0.802. The molecule has 27 heavy (non-hydrogen) atoms. The molecule has 0 N–H and O–H groups in total. The Bertz CT molecular complexity index is 879. The molecule has 8 heteroatoms. The van der Waals surface area contributed by atoms with Crippen LogP contribution in [0.4, 0.5) is 5.69 Å². The number of aromatic nitrogens is 1. The first-order valence-electron chi connectivity index (χ1n) is 8.65. The van der Waals surface area contributed by atoms with Crippen molar-refractivity contribution in [1.82, 2.24) is 4.98 Å². The summed E-state index contributed by atoms with van der Waals surface area (Å²) in [5.74, 6) is 0. The van der Waals surface area contributed by atoms with Crippen molar-refractivity contribution < 1.29 is 17.9 Å². The van der Waals surface area contributed by atoms with E-state index in [1.807, 2.05) is 18.2 Å². The Hall–Kier alpha value is -1.61. The van der Waals surface area contributed by atoms with Crippen LogP contribution < -0.4 is 4.31 Å². The average molecular weight is 409 g/mol. The summed E-state index contributed by atoms with van der Waals surface area (Å²) in [7, 11) is -0.0248. The maximum atomic E-state index is 11.6. The standard InChI is InChI=1S/C19H24N2O4S2/c1-21(27(3,22)23)16-7-8-18(20-14-16)26-17-6-4-5-15(13-17)19(24-2)9-11-25-12-10-19/h4-8,13-14H,9-12H2,1-3H3. The lowest BCUT2D eigenvalue weighted by Crippen LogP contribution is -2.35. The molecule has 0 saturated carbocycles. The molecule has 2 heterocycles. The molecule has 0 amide bonds. The van der Waals surface area contributed by atoms with Crippen LogP contribution >= 0.6 is 11.8 Å². The second kappa shape index (κ2) is 8.18. The van der Waals surface area contributed by atoms with E-state index >= 15 is 0 Å². The van der Waals surface area contributed by atoms with Gasteiger partial charge >= 0.3 is 0 Å². The normalized spacial score (nSPS) is 16.9. The summed E-state index contributed by atoms with van der Waals surface area (Å²) < 4.78 is 35.8. The Morgan fingerprint density at radius 2 is 1.96 bits per heavy atom. The van der Waals surface area contributed by atoms with Gasteiger partial charge in [-0.2, -0.15) is 0 Å². The lowest BCUT2D eigenvalue weighted by atomic mass is 9.86. The minimum Gasteiger partial charge on any atom is -0.381 e. The van der Waals surface area contributed by atoms with Crippen LogP contribution in [0, 0.1) is 0 Å². The number of rotatable bonds is 6. The molecule has 0 unspecified atom stereocenters. The number of pyridine rings is 1. The maximum absolute atomic E-state index is 11.6. The van der Waals surface area contributed by atoms with Crippen LogP contribution in [-0.2, 0) is 25.1 Å². The van der Waals surface area contributed by atoms with E-state index in [0.29, 0.717) is 18.9 Å². The predicted molar refractivity (Wildman–Crippen MR) is 107 cm³/mol. The number of ether oxygens (including phenoxy) is 2. The number of sulfonamides is 1. The fourth-order valence-corrected chi connectivity index (χ4v) is 4.39. The molecule has 0 bridgehead atoms. The smallest absolute Gasteiger partial charge is 0.232 e. The summed E-state index contributed by atoms with van der Waals surface area (Å²) in [6, 6.07) is 11.9. The van der Waals surface area contributed by atoms with Crippen molar-refractivity contribution in [3.8, 4) is 0 Å². The Balaban J connectivity index is 1.78. The summed E-state index contributed by atoms with van der Waals surface area (Å²) in [6.07, 6.45) is 4.41. The lowest BCUT2D eigenvalue weighted by molar-refractivity contribution is -0.0948. The van der Waals surface area contributed by atoms with Crippen molar-refractivity contribution in [2.24, 2.45) is 0 Å². The monoisotopic (exact) mass is 408 g/mol. The zero-order valence-electron chi connectivity index (χ0n) is 15.7. The number of hydrogen-bond donors (Lipinski definition) is 0. The first kappa shape index (κ1) is 20.1. The van der Waals surface area contributed by atoms with Crippen molar-refractivity contribution in [2.45, 2.75) is 28.4 Å². The number of hydrogen-bond acceptors (Lipinski definition) is 6. The van der Waals surface area contributed by atoms with Crippen molar-refractivity contribution >= 4 is 27.5 Å². The third kappa shape index (κ3) is 4.63. The third-order valence-electron chi connectivity index (χ3n) is 4.86. The molecule has 1 aliphatic rings. The lowest BCUT2D eigenvalue weighted by Gasteiger charge is -2.36. The molecule has 0 aliphatic carbocycles. The van der Waals surface area contributed by atoms with Crippen LogP contribution in [-0.4, -0.2) is 47.0 Å². The highest BCUT2D eigenvalue weighted by Gasteiger charge is 2.34. The van der Waals surface area contributed by atoms with Crippen molar-refractivity contribution in [3.63, 3.8) is 0 Å². The Kier molecular flexibility index (Phi) is 6.10. The van der Waals surface area contributed by atoms with E-state index in [4.69, 9.17) is 9.47 Å². The second-order valence-corrected chi connectivity index (χ2v) is 9.63. The molecule has 1 saturated heterocycles. The van der Waals surface area contributed by atoms with Crippen LogP contribution in [0.2, 0.25) is 0 Å². The van der Waals surface area contributed by atoms with E-state index in [9.17, 15) is 8.42 Å². The van der Waals surface area contributed by atoms with Crippen LogP contribution in [0.3, 0.4) is 0 Å². The second-order valence-electron chi connectivity index (χ2n) is 6.53. The molecule has 1 aromatic carbocycles. The molecule has 1 aromatic heterocycles.